The molecule has 0 saturated carbocycles. The minimum absolute atomic E-state index is 0.174. The number of halogens is 1. The molecule has 0 aromatic heterocycles. The largest absolute Gasteiger partial charge is 0.340 e. The normalized spacial score (nSPS) is 16.2. The molecule has 0 unspecified atom stereocenters. The zero-order chi connectivity index (χ0) is 15.1. The summed E-state index contributed by atoms with van der Waals surface area (Å²) in [5, 5.41) is 0. The molecule has 0 N–H and O–H groups in total. The quantitative estimate of drug-likeness (QED) is 0.805. The van der Waals surface area contributed by atoms with E-state index in [-0.39, 0.29) is 5.82 Å². The smallest absolute Gasteiger partial charge is 0.222 e. The highest BCUT2D eigenvalue weighted by atomic mass is 19.1. The average Bonchev–Trinajstić information content (AvgIpc) is 2.50. The first-order valence-corrected chi connectivity index (χ1v) is 7.93. The Hall–Kier alpha value is -1.42. The van der Waals surface area contributed by atoms with Crippen molar-refractivity contribution in [3.63, 3.8) is 0 Å². The predicted molar refractivity (Wildman–Crippen MR) is 82.6 cm³/mol. The van der Waals surface area contributed by atoms with E-state index < -0.39 is 0 Å². The second-order valence-corrected chi connectivity index (χ2v) is 5.70. The van der Waals surface area contributed by atoms with E-state index in [2.05, 4.69) is 4.90 Å². The molecule has 2 rings (SSSR count). The van der Waals surface area contributed by atoms with Crippen LogP contribution in [0.15, 0.2) is 24.3 Å². The van der Waals surface area contributed by atoms with Crippen molar-refractivity contribution in [1.82, 2.24) is 9.80 Å². The van der Waals surface area contributed by atoms with Crippen LogP contribution in [0.4, 0.5) is 4.39 Å². The minimum Gasteiger partial charge on any atom is -0.340 e. The molecule has 0 aliphatic carbocycles. The van der Waals surface area contributed by atoms with Crippen molar-refractivity contribution in [1.29, 1.82) is 0 Å². The molecule has 1 amide bonds. The molecule has 1 aromatic carbocycles. The van der Waals surface area contributed by atoms with Gasteiger partial charge in [-0.2, -0.15) is 0 Å². The number of piperazine rings is 1. The van der Waals surface area contributed by atoms with Crippen molar-refractivity contribution in [3.05, 3.63) is 35.6 Å². The summed E-state index contributed by atoms with van der Waals surface area (Å²) in [4.78, 5) is 16.2. The van der Waals surface area contributed by atoms with Gasteiger partial charge in [-0.15, -0.1) is 0 Å². The SMILES string of the molecule is CCCC(=O)N1CCN(CCCc2ccc(F)cc2)CC1. The molecular formula is C17H25FN2O. The number of nitrogens with zero attached hydrogens (tertiary/aromatic N) is 2. The van der Waals surface area contributed by atoms with Crippen LogP contribution in [0.3, 0.4) is 0 Å². The van der Waals surface area contributed by atoms with E-state index in [1.165, 1.54) is 17.7 Å². The summed E-state index contributed by atoms with van der Waals surface area (Å²) in [6.07, 6.45) is 3.66. The van der Waals surface area contributed by atoms with Gasteiger partial charge in [-0.05, 0) is 43.5 Å². The molecule has 1 saturated heterocycles. The van der Waals surface area contributed by atoms with E-state index >= 15 is 0 Å². The van der Waals surface area contributed by atoms with Gasteiger partial charge in [-0.25, -0.2) is 4.39 Å². The summed E-state index contributed by atoms with van der Waals surface area (Å²) in [5.74, 6) is 0.120. The zero-order valence-corrected chi connectivity index (χ0v) is 12.9. The first-order valence-electron chi connectivity index (χ1n) is 7.93. The van der Waals surface area contributed by atoms with Gasteiger partial charge in [0.05, 0.1) is 0 Å². The standard InChI is InChI=1S/C17H25FN2O/c1-2-4-17(21)20-13-11-19(12-14-20)10-3-5-15-6-8-16(18)9-7-15/h6-9H,2-5,10-14H2,1H3. The van der Waals surface area contributed by atoms with Crippen molar-refractivity contribution in [2.75, 3.05) is 32.7 Å². The summed E-state index contributed by atoms with van der Waals surface area (Å²) in [6, 6.07) is 6.76. The third-order valence-corrected chi connectivity index (χ3v) is 4.04. The fourth-order valence-electron chi connectivity index (χ4n) is 2.75. The molecule has 116 valence electrons. The van der Waals surface area contributed by atoms with Gasteiger partial charge in [0.1, 0.15) is 5.82 Å². The van der Waals surface area contributed by atoms with E-state index in [1.54, 1.807) is 0 Å². The van der Waals surface area contributed by atoms with Crippen LogP contribution in [0.5, 0.6) is 0 Å². The number of hydrogen-bond acceptors (Lipinski definition) is 2. The molecule has 1 aliphatic rings. The molecule has 1 aromatic rings. The van der Waals surface area contributed by atoms with Gasteiger partial charge in [-0.1, -0.05) is 19.1 Å². The fraction of sp³-hybridized carbons (Fsp3) is 0.588. The van der Waals surface area contributed by atoms with E-state index in [4.69, 9.17) is 0 Å². The molecular weight excluding hydrogens is 267 g/mol. The van der Waals surface area contributed by atoms with E-state index in [9.17, 15) is 9.18 Å². The number of carbonyl (C=O) groups is 1. The van der Waals surface area contributed by atoms with Crippen LogP contribution in [0.1, 0.15) is 31.7 Å². The lowest BCUT2D eigenvalue weighted by molar-refractivity contribution is -0.132. The van der Waals surface area contributed by atoms with Gasteiger partial charge in [0.2, 0.25) is 5.91 Å². The molecule has 0 bridgehead atoms. The van der Waals surface area contributed by atoms with E-state index in [1.807, 2.05) is 24.0 Å². The van der Waals surface area contributed by atoms with E-state index in [0.29, 0.717) is 12.3 Å². The number of hydrogen-bond donors (Lipinski definition) is 0. The monoisotopic (exact) mass is 292 g/mol. The molecule has 21 heavy (non-hydrogen) atoms. The Morgan fingerprint density at radius 3 is 2.43 bits per heavy atom. The summed E-state index contributed by atoms with van der Waals surface area (Å²) in [6.45, 7) is 6.75. The zero-order valence-electron chi connectivity index (χ0n) is 12.9. The molecule has 4 heteroatoms. The van der Waals surface area contributed by atoms with Crippen LogP contribution >= 0.6 is 0 Å². The summed E-state index contributed by atoms with van der Waals surface area (Å²) in [5.41, 5.74) is 1.19. The number of carbonyl (C=O) groups excluding carboxylic acids is 1. The number of amides is 1. The van der Waals surface area contributed by atoms with Crippen LogP contribution in [-0.4, -0.2) is 48.4 Å². The first kappa shape index (κ1) is 16.0. The number of aryl methyl sites for hydroxylation is 1. The topological polar surface area (TPSA) is 23.6 Å². The van der Waals surface area contributed by atoms with Gasteiger partial charge in [0, 0.05) is 32.6 Å². The summed E-state index contributed by atoms with van der Waals surface area (Å²) in [7, 11) is 0. The second kappa shape index (κ2) is 8.13. The van der Waals surface area contributed by atoms with Crippen molar-refractivity contribution < 1.29 is 9.18 Å². The van der Waals surface area contributed by atoms with Crippen LogP contribution < -0.4 is 0 Å². The molecule has 0 spiro atoms. The molecule has 1 fully saturated rings. The lowest BCUT2D eigenvalue weighted by Gasteiger charge is -2.34. The highest BCUT2D eigenvalue weighted by Gasteiger charge is 2.19. The molecule has 0 radical (unpaired) electrons. The molecule has 3 nitrogen and oxygen atoms in total. The van der Waals surface area contributed by atoms with Crippen LogP contribution in [0, 0.1) is 5.82 Å². The summed E-state index contributed by atoms with van der Waals surface area (Å²) < 4.78 is 12.8. The van der Waals surface area contributed by atoms with Crippen molar-refractivity contribution in [2.24, 2.45) is 0 Å². The van der Waals surface area contributed by atoms with Gasteiger partial charge in [0.25, 0.3) is 0 Å². The van der Waals surface area contributed by atoms with Gasteiger partial charge in [0.15, 0.2) is 0 Å². The van der Waals surface area contributed by atoms with E-state index in [0.717, 1.165) is 52.0 Å². The number of rotatable bonds is 6. The van der Waals surface area contributed by atoms with Crippen molar-refractivity contribution in [2.45, 2.75) is 32.6 Å². The maximum atomic E-state index is 12.8. The lowest BCUT2D eigenvalue weighted by Crippen LogP contribution is -2.48. The molecule has 0 atom stereocenters. The van der Waals surface area contributed by atoms with Crippen LogP contribution in [0.2, 0.25) is 0 Å². The minimum atomic E-state index is -0.174. The Balaban J connectivity index is 1.65. The molecule has 1 aliphatic heterocycles. The highest BCUT2D eigenvalue weighted by Crippen LogP contribution is 2.09. The van der Waals surface area contributed by atoms with Gasteiger partial charge < -0.3 is 4.90 Å². The Labute approximate surface area is 126 Å². The van der Waals surface area contributed by atoms with Gasteiger partial charge >= 0.3 is 0 Å². The predicted octanol–water partition coefficient (Wildman–Crippen LogP) is 2.70. The number of benzene rings is 1. The maximum absolute atomic E-state index is 12.8. The Morgan fingerprint density at radius 1 is 1.14 bits per heavy atom. The lowest BCUT2D eigenvalue weighted by atomic mass is 10.1. The van der Waals surface area contributed by atoms with Gasteiger partial charge in [-0.3, -0.25) is 9.69 Å². The third-order valence-electron chi connectivity index (χ3n) is 4.04. The Bertz CT molecular complexity index is 439. The fourth-order valence-corrected chi connectivity index (χ4v) is 2.75. The average molecular weight is 292 g/mol. The Kier molecular flexibility index (Phi) is 6.18. The van der Waals surface area contributed by atoms with Crippen molar-refractivity contribution >= 4 is 5.91 Å². The Morgan fingerprint density at radius 2 is 1.81 bits per heavy atom. The maximum Gasteiger partial charge on any atom is 0.222 e. The third kappa shape index (κ3) is 5.12. The van der Waals surface area contributed by atoms with Crippen LogP contribution in [0.25, 0.3) is 0 Å². The summed E-state index contributed by atoms with van der Waals surface area (Å²) >= 11 is 0. The van der Waals surface area contributed by atoms with Crippen LogP contribution in [-0.2, 0) is 11.2 Å². The second-order valence-electron chi connectivity index (χ2n) is 5.70. The van der Waals surface area contributed by atoms with Crippen molar-refractivity contribution in [3.8, 4) is 0 Å². The first-order chi connectivity index (χ1) is 10.2. The highest BCUT2D eigenvalue weighted by molar-refractivity contribution is 5.76. The molecule has 1 heterocycles.